The van der Waals surface area contributed by atoms with Gasteiger partial charge < -0.3 is 20.3 Å². The fourth-order valence-corrected chi connectivity index (χ4v) is 4.53. The van der Waals surface area contributed by atoms with Crippen molar-refractivity contribution < 1.29 is 13.5 Å². The number of hydrogen-bond acceptors (Lipinski definition) is 8. The van der Waals surface area contributed by atoms with Gasteiger partial charge in [-0.3, -0.25) is 4.68 Å². The smallest absolute Gasteiger partial charge is 0.268 e. The van der Waals surface area contributed by atoms with Crippen LogP contribution in [0.2, 0.25) is 0 Å². The number of pyridine rings is 1. The molecule has 0 unspecified atom stereocenters. The molecule has 2 atom stereocenters. The molecule has 0 aromatic carbocycles. The van der Waals surface area contributed by atoms with Gasteiger partial charge in [0.05, 0.1) is 18.8 Å². The summed E-state index contributed by atoms with van der Waals surface area (Å²) in [5.41, 5.74) is 3.25. The number of alkyl halides is 2. The molecule has 9 nitrogen and oxygen atoms in total. The van der Waals surface area contributed by atoms with E-state index in [1.165, 1.54) is 0 Å². The quantitative estimate of drug-likeness (QED) is 0.498. The third-order valence-corrected chi connectivity index (χ3v) is 6.02. The number of fused-ring (bicyclic) bond motifs is 3. The van der Waals surface area contributed by atoms with Crippen molar-refractivity contribution in [1.82, 2.24) is 30.0 Å². The molecule has 2 fully saturated rings. The van der Waals surface area contributed by atoms with E-state index in [0.717, 1.165) is 43.2 Å². The predicted molar refractivity (Wildman–Crippen MR) is 121 cm³/mol. The molecule has 3 aromatic rings. The molecule has 5 heterocycles. The zero-order valence-electron chi connectivity index (χ0n) is 19.0. The second kappa shape index (κ2) is 8.45. The van der Waals surface area contributed by atoms with Crippen molar-refractivity contribution in [3.63, 3.8) is 0 Å². The molecule has 11 heteroatoms. The molecule has 2 saturated heterocycles. The van der Waals surface area contributed by atoms with E-state index in [1.807, 2.05) is 26.0 Å². The molecule has 2 aliphatic rings. The second-order valence-corrected chi connectivity index (χ2v) is 8.99. The largest absolute Gasteiger partial charge is 0.373 e. The first kappa shape index (κ1) is 21.9. The third kappa shape index (κ3) is 4.60. The van der Waals surface area contributed by atoms with Crippen molar-refractivity contribution >= 4 is 28.6 Å². The number of hydrogen-bond donors (Lipinski definition) is 2. The van der Waals surface area contributed by atoms with Gasteiger partial charge >= 0.3 is 0 Å². The summed E-state index contributed by atoms with van der Waals surface area (Å²) in [6, 6.07) is 4.70. The molecule has 0 amide bonds. The lowest BCUT2D eigenvalue weighted by Gasteiger charge is -2.27. The summed E-state index contributed by atoms with van der Waals surface area (Å²) in [7, 11) is 0. The van der Waals surface area contributed by atoms with Crippen LogP contribution in [-0.2, 0) is 11.3 Å². The van der Waals surface area contributed by atoms with Crippen LogP contribution in [0.3, 0.4) is 0 Å². The van der Waals surface area contributed by atoms with Crippen molar-refractivity contribution in [2.45, 2.75) is 51.7 Å². The monoisotopic (exact) mass is 458 g/mol. The van der Waals surface area contributed by atoms with Crippen molar-refractivity contribution in [3.8, 4) is 0 Å². The van der Waals surface area contributed by atoms with E-state index in [1.54, 1.807) is 10.9 Å². The molecule has 5 rings (SSSR count). The highest BCUT2D eigenvalue weighted by atomic mass is 19.3. The summed E-state index contributed by atoms with van der Waals surface area (Å²) >= 11 is 0. The van der Waals surface area contributed by atoms with E-state index >= 15 is 0 Å². The molecule has 0 aliphatic carbocycles. The Morgan fingerprint density at radius 1 is 1.30 bits per heavy atom. The van der Waals surface area contributed by atoms with Gasteiger partial charge in [-0.1, -0.05) is 0 Å². The van der Waals surface area contributed by atoms with Crippen molar-refractivity contribution in [2.75, 3.05) is 36.5 Å². The van der Waals surface area contributed by atoms with Crippen molar-refractivity contribution in [2.24, 2.45) is 0 Å². The highest BCUT2D eigenvalue weighted by molar-refractivity contribution is 5.90. The molecule has 176 valence electrons. The maximum atomic E-state index is 13.1. The average Bonchev–Trinajstić information content (AvgIpc) is 3.46. The van der Waals surface area contributed by atoms with Gasteiger partial charge in [0.15, 0.2) is 5.82 Å². The van der Waals surface area contributed by atoms with Crippen molar-refractivity contribution in [3.05, 3.63) is 29.6 Å². The van der Waals surface area contributed by atoms with E-state index in [0.29, 0.717) is 41.7 Å². The number of aryl methyl sites for hydroxylation is 2. The average molecular weight is 459 g/mol. The Bertz CT molecular complexity index is 1160. The minimum Gasteiger partial charge on any atom is -0.373 e. The molecule has 0 radical (unpaired) electrons. The van der Waals surface area contributed by atoms with E-state index in [-0.39, 0.29) is 6.61 Å². The minimum atomic E-state index is -2.87. The van der Waals surface area contributed by atoms with Gasteiger partial charge in [-0.25, -0.2) is 18.7 Å². The lowest BCUT2D eigenvalue weighted by molar-refractivity contribution is -0.0638. The minimum absolute atomic E-state index is 0.102. The van der Waals surface area contributed by atoms with E-state index < -0.39 is 12.5 Å². The van der Waals surface area contributed by atoms with E-state index in [4.69, 9.17) is 14.7 Å². The Balaban J connectivity index is 1.50. The van der Waals surface area contributed by atoms with Gasteiger partial charge in [0, 0.05) is 38.3 Å². The van der Waals surface area contributed by atoms with Crippen LogP contribution in [0.4, 0.5) is 26.4 Å². The Morgan fingerprint density at radius 2 is 2.15 bits per heavy atom. The van der Waals surface area contributed by atoms with E-state index in [9.17, 15) is 8.78 Å². The highest BCUT2D eigenvalue weighted by Gasteiger charge is 2.39. The molecular weight excluding hydrogens is 430 g/mol. The van der Waals surface area contributed by atoms with Crippen LogP contribution in [-0.4, -0.2) is 69.0 Å². The number of aromatic nitrogens is 5. The number of nitrogens with one attached hydrogen (secondary N) is 2. The van der Waals surface area contributed by atoms with Crippen LogP contribution in [0.25, 0.3) is 11.0 Å². The number of piperazine rings is 1. The van der Waals surface area contributed by atoms with Crippen LogP contribution < -0.4 is 15.5 Å². The topological polar surface area (TPSA) is 93.0 Å². The molecule has 33 heavy (non-hydrogen) atoms. The maximum absolute atomic E-state index is 13.1. The van der Waals surface area contributed by atoms with E-state index in [2.05, 4.69) is 25.6 Å². The molecular formula is C22H28F2N8O. The van der Waals surface area contributed by atoms with Gasteiger partial charge in [0.1, 0.15) is 23.5 Å². The number of anilines is 3. The Morgan fingerprint density at radius 3 is 2.85 bits per heavy atom. The van der Waals surface area contributed by atoms with Gasteiger partial charge in [-0.2, -0.15) is 10.1 Å². The van der Waals surface area contributed by atoms with Crippen LogP contribution in [0.15, 0.2) is 18.3 Å². The summed E-state index contributed by atoms with van der Waals surface area (Å²) in [6.07, 6.45) is 2.82. The lowest BCUT2D eigenvalue weighted by atomic mass is 10.2. The summed E-state index contributed by atoms with van der Waals surface area (Å²) in [5, 5.41) is 11.5. The molecule has 3 aromatic heterocycles. The van der Waals surface area contributed by atoms with Crippen molar-refractivity contribution in [1.29, 1.82) is 0 Å². The Kier molecular flexibility index (Phi) is 5.61. The fraction of sp³-hybridized carbons (Fsp3) is 0.545. The summed E-state index contributed by atoms with van der Waals surface area (Å²) in [4.78, 5) is 16.4. The number of nitrogens with zero attached hydrogens (tertiary/aromatic N) is 6. The zero-order valence-corrected chi connectivity index (χ0v) is 19.0. The molecule has 0 spiro atoms. The summed E-state index contributed by atoms with van der Waals surface area (Å²) < 4.78 is 33.1. The molecule has 2 aliphatic heterocycles. The summed E-state index contributed by atoms with van der Waals surface area (Å²) in [6.45, 7) is 6.29. The lowest BCUT2D eigenvalue weighted by Crippen LogP contribution is -2.44. The third-order valence-electron chi connectivity index (χ3n) is 6.02. The normalized spacial score (nSPS) is 20.2. The molecule has 2 bridgehead atoms. The SMILES string of the molecule is Cc1ccnc(Nc2nc(N3C[C@@H]4C[C@H]3CN4)nc3c(C)nn(CCOCC(C)(F)F)c23)c1. The van der Waals surface area contributed by atoms with Gasteiger partial charge in [-0.15, -0.1) is 0 Å². The maximum Gasteiger partial charge on any atom is 0.268 e. The zero-order chi connectivity index (χ0) is 23.2. The summed E-state index contributed by atoms with van der Waals surface area (Å²) in [5.74, 6) is -0.951. The van der Waals surface area contributed by atoms with Gasteiger partial charge in [0.25, 0.3) is 5.92 Å². The molecule has 2 N–H and O–H groups in total. The first-order chi connectivity index (χ1) is 15.8. The number of rotatable bonds is 8. The predicted octanol–water partition coefficient (Wildman–Crippen LogP) is 2.80. The number of ether oxygens (including phenoxy) is 1. The van der Waals surface area contributed by atoms with Crippen LogP contribution >= 0.6 is 0 Å². The standard InChI is InChI=1S/C22H28F2N8O/c1-13-4-5-25-17(8-13)27-20-19-18(14(2)30-32(19)6-7-33-12-22(3,23)24)28-21(29-20)31-11-15-9-16(31)10-26-15/h4-5,8,15-16,26H,6-7,9-12H2,1-3H3,(H,25,27,28,29)/t15-,16-/m0/s1. The highest BCUT2D eigenvalue weighted by Crippen LogP contribution is 2.32. The fourth-order valence-electron chi connectivity index (χ4n) is 4.53. The Hall–Kier alpha value is -2.92. The first-order valence-corrected chi connectivity index (χ1v) is 11.2. The van der Waals surface area contributed by atoms with Gasteiger partial charge in [0.2, 0.25) is 5.95 Å². The van der Waals surface area contributed by atoms with Crippen LogP contribution in [0.1, 0.15) is 24.6 Å². The molecule has 0 saturated carbocycles. The van der Waals surface area contributed by atoms with Crippen LogP contribution in [0.5, 0.6) is 0 Å². The first-order valence-electron chi connectivity index (χ1n) is 11.2. The van der Waals surface area contributed by atoms with Crippen LogP contribution in [0, 0.1) is 13.8 Å². The Labute approximate surface area is 190 Å². The number of halogens is 2. The van der Waals surface area contributed by atoms with Gasteiger partial charge in [-0.05, 0) is 38.0 Å². The second-order valence-electron chi connectivity index (χ2n) is 8.99.